The van der Waals surface area contributed by atoms with E-state index in [1.54, 1.807) is 0 Å². The molecule has 0 aliphatic rings. The topological polar surface area (TPSA) is 0 Å². The van der Waals surface area contributed by atoms with E-state index in [-0.39, 0.29) is 31.0 Å². The van der Waals surface area contributed by atoms with Crippen LogP contribution in [0.25, 0.3) is 43.1 Å². The van der Waals surface area contributed by atoms with Crippen molar-refractivity contribution >= 4 is 49.3 Å². The molecule has 0 aliphatic heterocycles. The van der Waals surface area contributed by atoms with Gasteiger partial charge in [0, 0.05) is 0 Å². The van der Waals surface area contributed by atoms with E-state index >= 15 is 0 Å². The Morgan fingerprint density at radius 2 is 0.944 bits per heavy atom. The second-order valence-electron chi connectivity index (χ2n) is 9.01. The fraction of sp³-hybridized carbons (Fsp3) is 0.188. The Labute approximate surface area is 239 Å². The van der Waals surface area contributed by atoms with Crippen molar-refractivity contribution in [2.24, 2.45) is 0 Å². The van der Waals surface area contributed by atoms with Crippen LogP contribution in [0.3, 0.4) is 0 Å². The summed E-state index contributed by atoms with van der Waals surface area (Å²) in [4.78, 5) is 0. The van der Waals surface area contributed by atoms with E-state index < -0.39 is 0 Å². The van der Waals surface area contributed by atoms with Crippen LogP contribution in [0.2, 0.25) is 13.1 Å². The predicted molar refractivity (Wildman–Crippen MR) is 150 cm³/mol. The first-order valence-electron chi connectivity index (χ1n) is 12.2. The zero-order valence-electron chi connectivity index (χ0n) is 21.4. The van der Waals surface area contributed by atoms with Crippen molar-refractivity contribution in [2.75, 3.05) is 0 Å². The molecule has 4 heteroatoms. The minimum atomic E-state index is 0. The summed E-state index contributed by atoms with van der Waals surface area (Å²) in [6.07, 6.45) is 2.35. The number of hydrogen-bond acceptors (Lipinski definition) is 0. The van der Waals surface area contributed by atoms with Gasteiger partial charge >= 0.3 is 38.5 Å². The average Bonchev–Trinajstić information content (AvgIpc) is 3.48. The van der Waals surface area contributed by atoms with Gasteiger partial charge in [-0.2, -0.15) is 12.1 Å². The summed E-state index contributed by atoms with van der Waals surface area (Å²) in [6.45, 7) is 8.95. The van der Waals surface area contributed by atoms with Gasteiger partial charge in [0.05, 0.1) is 0 Å². The zero-order chi connectivity index (χ0) is 24.1. The fourth-order valence-electron chi connectivity index (χ4n) is 4.46. The number of benzene rings is 4. The molecule has 0 amide bonds. The van der Waals surface area contributed by atoms with Crippen molar-refractivity contribution in [3.05, 3.63) is 108 Å². The molecular weight excluding hydrogens is 531 g/mol. The molecule has 0 atom stereocenters. The summed E-state index contributed by atoms with van der Waals surface area (Å²) < 4.78 is 0. The van der Waals surface area contributed by atoms with E-state index in [0.717, 1.165) is 12.8 Å². The van der Waals surface area contributed by atoms with Crippen molar-refractivity contribution in [2.45, 2.75) is 39.8 Å². The Kier molecular flexibility index (Phi) is 11.9. The van der Waals surface area contributed by atoms with Gasteiger partial charge < -0.3 is 24.8 Å². The van der Waals surface area contributed by atoms with Gasteiger partial charge in [-0.25, -0.2) is 0 Å². The first kappa shape index (κ1) is 30.4. The maximum Gasteiger partial charge on any atom is -1.00 e. The first-order chi connectivity index (χ1) is 16.5. The van der Waals surface area contributed by atoms with E-state index in [9.17, 15) is 0 Å². The predicted octanol–water partition coefficient (Wildman–Crippen LogP) is 3.34. The van der Waals surface area contributed by atoms with Crippen LogP contribution in [-0.2, 0) is 32.0 Å². The molecule has 0 unspecified atom stereocenters. The molecule has 6 aromatic carbocycles. The maximum absolute atomic E-state index is 2.32. The third-order valence-electron chi connectivity index (χ3n) is 6.17. The molecule has 0 heterocycles. The number of hydrogen-bond donors (Lipinski definition) is 0. The molecule has 0 aromatic heterocycles. The molecule has 0 saturated carbocycles. The zero-order valence-corrected chi connectivity index (χ0v) is 25.5. The van der Waals surface area contributed by atoms with Gasteiger partial charge in [0.2, 0.25) is 0 Å². The van der Waals surface area contributed by atoms with E-state index in [1.165, 1.54) is 54.2 Å². The van der Waals surface area contributed by atoms with Gasteiger partial charge in [-0.15, -0.1) is 56.9 Å². The summed E-state index contributed by atoms with van der Waals surface area (Å²) in [6, 6.07) is 35.2. The summed E-state index contributed by atoms with van der Waals surface area (Å²) in [5.74, 6) is 0. The van der Waals surface area contributed by atoms with Crippen LogP contribution in [0.15, 0.2) is 97.1 Å². The molecule has 0 aliphatic carbocycles. The van der Waals surface area contributed by atoms with Gasteiger partial charge in [0.15, 0.2) is 0 Å². The Balaban J connectivity index is 0.000000211. The Morgan fingerprint density at radius 1 is 0.583 bits per heavy atom. The molecular formula is C32H32Cl2SiTi-2. The number of halogens is 2. The van der Waals surface area contributed by atoms with Crippen LogP contribution in [0, 0.1) is 0 Å². The third-order valence-corrected chi connectivity index (χ3v) is 6.17. The summed E-state index contributed by atoms with van der Waals surface area (Å²) in [7, 11) is 0. The van der Waals surface area contributed by atoms with Crippen molar-refractivity contribution in [3.8, 4) is 0 Å². The Morgan fingerprint density at radius 3 is 1.31 bits per heavy atom. The maximum atomic E-state index is 2.32. The fourth-order valence-corrected chi connectivity index (χ4v) is 4.46. The number of fused-ring (bicyclic) bond motifs is 6. The van der Waals surface area contributed by atoms with E-state index in [2.05, 4.69) is 143 Å². The van der Waals surface area contributed by atoms with Gasteiger partial charge in [-0.05, 0) is 23.6 Å². The van der Waals surface area contributed by atoms with Crippen LogP contribution < -0.4 is 24.8 Å². The molecule has 0 radical (unpaired) electrons. The van der Waals surface area contributed by atoms with Gasteiger partial charge in [0.1, 0.15) is 0 Å². The second-order valence-corrected chi connectivity index (χ2v) is 15.7. The van der Waals surface area contributed by atoms with E-state index in [4.69, 9.17) is 0 Å². The summed E-state index contributed by atoms with van der Waals surface area (Å²) >= 11 is 2.27. The van der Waals surface area contributed by atoms with Crippen LogP contribution in [0.1, 0.15) is 25.0 Å². The second kappa shape index (κ2) is 14.2. The molecule has 6 rings (SSSR count). The summed E-state index contributed by atoms with van der Waals surface area (Å²) in [5, 5.41) is 10.9. The summed E-state index contributed by atoms with van der Waals surface area (Å²) in [5.41, 5.74) is 2.86. The van der Waals surface area contributed by atoms with Crippen LogP contribution in [0.4, 0.5) is 0 Å². The van der Waals surface area contributed by atoms with Gasteiger partial charge in [-0.3, -0.25) is 0 Å². The Bertz CT molecular complexity index is 1460. The molecule has 0 fully saturated rings. The number of aryl methyl sites for hydroxylation is 2. The minimum absolute atomic E-state index is 0. The largest absolute Gasteiger partial charge is 1.00 e. The minimum Gasteiger partial charge on any atom is -1.00 e. The molecule has 36 heavy (non-hydrogen) atoms. The van der Waals surface area contributed by atoms with Crippen molar-refractivity contribution in [1.29, 1.82) is 0 Å². The molecule has 0 saturated heterocycles. The van der Waals surface area contributed by atoms with Crippen molar-refractivity contribution < 1.29 is 44.0 Å². The van der Waals surface area contributed by atoms with Crippen LogP contribution in [0.5, 0.6) is 0 Å². The van der Waals surface area contributed by atoms with Crippen molar-refractivity contribution in [1.82, 2.24) is 0 Å². The standard InChI is InChI=1S/2C15H13.C2H6Si.2ClH.Ti/c2*1-2-11-9-13-8-7-12-5-3-4-6-14(12)15(13)10-11;1-3-2;;;/h2*3-10H,2H2,1H3;1-2H3;2*1H;/q2*-1;;;;+2/p-2. The van der Waals surface area contributed by atoms with Crippen LogP contribution >= 0.6 is 0 Å². The quantitative estimate of drug-likeness (QED) is 0.224. The first-order valence-corrected chi connectivity index (χ1v) is 17.0. The molecule has 184 valence electrons. The normalized spacial score (nSPS) is 10.2. The molecule has 0 bridgehead atoms. The molecule has 0 nitrogen and oxygen atoms in total. The smallest absolute Gasteiger partial charge is 1.00 e. The molecule has 6 aromatic rings. The SMILES string of the molecule is CCc1cc2c(ccc3ccccc32)[cH-]1.CCc1cc2c(ccc3ccccc32)[cH-]1.C[Si](C)=[Ti+2].[Cl-].[Cl-]. The third kappa shape index (κ3) is 7.12. The van der Waals surface area contributed by atoms with E-state index in [1.807, 2.05) is 0 Å². The average molecular weight is 563 g/mol. The van der Waals surface area contributed by atoms with Gasteiger partial charge in [0.25, 0.3) is 0 Å². The molecule has 0 N–H and O–H groups in total. The molecule has 0 spiro atoms. The Hall–Kier alpha value is -1.87. The number of rotatable bonds is 2. The van der Waals surface area contributed by atoms with E-state index in [0.29, 0.717) is 0 Å². The van der Waals surface area contributed by atoms with Crippen molar-refractivity contribution in [3.63, 3.8) is 0 Å². The van der Waals surface area contributed by atoms with Crippen LogP contribution in [-0.4, -0.2) is 6.19 Å². The van der Waals surface area contributed by atoms with Gasteiger partial charge in [-0.1, -0.05) is 85.3 Å². The monoisotopic (exact) mass is 562 g/mol.